The fraction of sp³-hybridized carbons (Fsp3) is 0.500. The van der Waals surface area contributed by atoms with Gasteiger partial charge in [0.2, 0.25) is 5.91 Å². The van der Waals surface area contributed by atoms with E-state index in [9.17, 15) is 18.0 Å². The van der Waals surface area contributed by atoms with Crippen LogP contribution in [0.5, 0.6) is 5.75 Å². The maximum absolute atomic E-state index is 13.0. The molecule has 1 aromatic carbocycles. The van der Waals surface area contributed by atoms with E-state index in [1.165, 1.54) is 19.1 Å². The molecule has 1 fully saturated rings. The Morgan fingerprint density at radius 1 is 1.38 bits per heavy atom. The summed E-state index contributed by atoms with van der Waals surface area (Å²) in [5.41, 5.74) is 1.54. The van der Waals surface area contributed by atoms with Gasteiger partial charge in [-0.05, 0) is 36.5 Å². The zero-order valence-electron chi connectivity index (χ0n) is 11.5. The molecule has 0 unspecified atom stereocenters. The van der Waals surface area contributed by atoms with E-state index in [2.05, 4.69) is 5.48 Å². The molecule has 0 heterocycles. The quantitative estimate of drug-likeness (QED) is 0.822. The first-order valence-corrected chi connectivity index (χ1v) is 6.57. The van der Waals surface area contributed by atoms with Gasteiger partial charge in [0.05, 0.1) is 18.8 Å². The highest BCUT2D eigenvalue weighted by molar-refractivity contribution is 5.71. The Labute approximate surface area is 120 Å². The number of halogens is 3. The van der Waals surface area contributed by atoms with Gasteiger partial charge in [-0.1, -0.05) is 6.07 Å². The van der Waals surface area contributed by atoms with Crippen LogP contribution in [-0.2, 0) is 22.4 Å². The van der Waals surface area contributed by atoms with Gasteiger partial charge in [0.15, 0.2) is 0 Å². The van der Waals surface area contributed by atoms with Gasteiger partial charge < -0.3 is 4.74 Å². The lowest BCUT2D eigenvalue weighted by Crippen LogP contribution is -2.20. The first kappa shape index (κ1) is 15.6. The highest BCUT2D eigenvalue weighted by Crippen LogP contribution is 2.38. The summed E-state index contributed by atoms with van der Waals surface area (Å²) >= 11 is 0. The molecule has 7 heteroatoms. The number of carbonyl (C=O) groups is 1. The fourth-order valence-electron chi connectivity index (χ4n) is 1.73. The van der Waals surface area contributed by atoms with Crippen LogP contribution in [0.4, 0.5) is 13.2 Å². The first-order chi connectivity index (χ1) is 9.86. The minimum atomic E-state index is -4.50. The second-order valence-electron chi connectivity index (χ2n) is 5.03. The Balaban J connectivity index is 2.07. The van der Waals surface area contributed by atoms with E-state index in [1.807, 2.05) is 0 Å². The van der Waals surface area contributed by atoms with E-state index in [4.69, 9.17) is 9.57 Å². The Kier molecular flexibility index (Phi) is 4.72. The molecule has 4 nitrogen and oxygen atoms in total. The first-order valence-electron chi connectivity index (χ1n) is 6.57. The average Bonchev–Trinajstić information content (AvgIpc) is 3.19. The van der Waals surface area contributed by atoms with Crippen molar-refractivity contribution in [2.75, 3.05) is 6.61 Å². The summed E-state index contributed by atoms with van der Waals surface area (Å²) < 4.78 is 44.3. The average molecular weight is 303 g/mol. The molecule has 1 aromatic rings. The van der Waals surface area contributed by atoms with Crippen LogP contribution < -0.4 is 10.2 Å². The van der Waals surface area contributed by atoms with Gasteiger partial charge in [-0.15, -0.1) is 0 Å². The number of alkyl halides is 3. The number of hydrogen-bond acceptors (Lipinski definition) is 3. The molecular formula is C14H16F3NO3. The zero-order chi connectivity index (χ0) is 15.5. The van der Waals surface area contributed by atoms with Gasteiger partial charge in [-0.3, -0.25) is 9.63 Å². The van der Waals surface area contributed by atoms with E-state index >= 15 is 0 Å². The lowest BCUT2D eigenvalue weighted by molar-refractivity contribution is -0.139. The zero-order valence-corrected chi connectivity index (χ0v) is 11.5. The van der Waals surface area contributed by atoms with E-state index < -0.39 is 17.6 Å². The van der Waals surface area contributed by atoms with Crippen molar-refractivity contribution < 1.29 is 27.5 Å². The number of carbonyl (C=O) groups excluding carboxylic acids is 1. The number of benzene rings is 1. The number of hydrogen-bond donors (Lipinski definition) is 1. The highest BCUT2D eigenvalue weighted by atomic mass is 19.4. The third-order valence-electron chi connectivity index (χ3n) is 2.98. The van der Waals surface area contributed by atoms with Crippen molar-refractivity contribution in [2.45, 2.75) is 32.5 Å². The summed E-state index contributed by atoms with van der Waals surface area (Å²) in [4.78, 5) is 15.4. The fourth-order valence-corrected chi connectivity index (χ4v) is 1.73. The standard InChI is InChI=1S/C14H16F3NO3/c1-9(19)18-21-8-11-4-5-13(20-7-10-2-3-10)12(6-11)14(15,16)17/h4-6,10H,2-3,7-8H2,1H3,(H,18,19). The second-order valence-corrected chi connectivity index (χ2v) is 5.03. The topological polar surface area (TPSA) is 47.6 Å². The highest BCUT2D eigenvalue weighted by Gasteiger charge is 2.35. The lowest BCUT2D eigenvalue weighted by Gasteiger charge is -2.15. The molecule has 0 atom stereocenters. The Hall–Kier alpha value is -1.76. The molecule has 116 valence electrons. The van der Waals surface area contributed by atoms with Crippen molar-refractivity contribution >= 4 is 5.91 Å². The normalized spacial score (nSPS) is 14.9. The van der Waals surface area contributed by atoms with Crippen LogP contribution in [0.15, 0.2) is 18.2 Å². The summed E-state index contributed by atoms with van der Waals surface area (Å²) in [5, 5.41) is 0. The van der Waals surface area contributed by atoms with Gasteiger partial charge in [0.25, 0.3) is 0 Å². The molecule has 0 saturated heterocycles. The summed E-state index contributed by atoms with van der Waals surface area (Å²) in [6, 6.07) is 3.75. The number of rotatable bonds is 6. The maximum Gasteiger partial charge on any atom is 0.419 e. The summed E-state index contributed by atoms with van der Waals surface area (Å²) in [6.07, 6.45) is -2.49. The minimum absolute atomic E-state index is 0.147. The Morgan fingerprint density at radius 2 is 2.10 bits per heavy atom. The van der Waals surface area contributed by atoms with Crippen molar-refractivity contribution in [2.24, 2.45) is 5.92 Å². The van der Waals surface area contributed by atoms with E-state index in [1.54, 1.807) is 0 Å². The van der Waals surface area contributed by atoms with Crippen LogP contribution in [0.25, 0.3) is 0 Å². The second kappa shape index (κ2) is 6.34. The molecule has 0 spiro atoms. The largest absolute Gasteiger partial charge is 0.493 e. The van der Waals surface area contributed by atoms with Crippen molar-refractivity contribution in [1.29, 1.82) is 0 Å². The van der Waals surface area contributed by atoms with Crippen molar-refractivity contribution in [3.63, 3.8) is 0 Å². The molecule has 0 aliphatic heterocycles. The third kappa shape index (κ3) is 4.93. The van der Waals surface area contributed by atoms with E-state index in [-0.39, 0.29) is 12.4 Å². The van der Waals surface area contributed by atoms with Crippen molar-refractivity contribution in [1.82, 2.24) is 5.48 Å². The van der Waals surface area contributed by atoms with Crippen LogP contribution in [0.3, 0.4) is 0 Å². The molecule has 21 heavy (non-hydrogen) atoms. The Bertz CT molecular complexity index is 513. The molecule has 0 radical (unpaired) electrons. The van der Waals surface area contributed by atoms with Crippen LogP contribution in [0.1, 0.15) is 30.9 Å². The maximum atomic E-state index is 13.0. The minimum Gasteiger partial charge on any atom is -0.493 e. The van der Waals surface area contributed by atoms with E-state index in [0.717, 1.165) is 18.9 Å². The van der Waals surface area contributed by atoms with Crippen LogP contribution in [-0.4, -0.2) is 12.5 Å². The molecule has 1 amide bonds. The van der Waals surface area contributed by atoms with Gasteiger partial charge in [-0.2, -0.15) is 13.2 Å². The third-order valence-corrected chi connectivity index (χ3v) is 2.98. The predicted molar refractivity (Wildman–Crippen MR) is 68.3 cm³/mol. The summed E-state index contributed by atoms with van der Waals surface area (Å²) in [6.45, 7) is 1.41. The molecular weight excluding hydrogens is 287 g/mol. The number of hydroxylamine groups is 1. The van der Waals surface area contributed by atoms with Gasteiger partial charge in [0.1, 0.15) is 5.75 Å². The van der Waals surface area contributed by atoms with Crippen LogP contribution in [0.2, 0.25) is 0 Å². The summed E-state index contributed by atoms with van der Waals surface area (Å²) in [5.74, 6) is -0.220. The van der Waals surface area contributed by atoms with Gasteiger partial charge >= 0.3 is 6.18 Å². The van der Waals surface area contributed by atoms with E-state index in [0.29, 0.717) is 18.1 Å². The number of amides is 1. The molecule has 1 N–H and O–H groups in total. The number of nitrogens with one attached hydrogen (secondary N) is 1. The Morgan fingerprint density at radius 3 is 2.67 bits per heavy atom. The lowest BCUT2D eigenvalue weighted by atomic mass is 10.1. The predicted octanol–water partition coefficient (Wildman–Crippen LogP) is 3.06. The molecule has 1 saturated carbocycles. The van der Waals surface area contributed by atoms with Gasteiger partial charge in [-0.25, -0.2) is 5.48 Å². The van der Waals surface area contributed by atoms with Gasteiger partial charge in [0, 0.05) is 6.92 Å². The molecule has 1 aliphatic rings. The number of ether oxygens (including phenoxy) is 1. The van der Waals surface area contributed by atoms with Crippen LogP contribution >= 0.6 is 0 Å². The molecule has 1 aliphatic carbocycles. The smallest absolute Gasteiger partial charge is 0.419 e. The SMILES string of the molecule is CC(=O)NOCc1ccc(OCC2CC2)c(C(F)(F)F)c1. The van der Waals surface area contributed by atoms with Crippen molar-refractivity contribution in [3.8, 4) is 5.75 Å². The monoisotopic (exact) mass is 303 g/mol. The summed E-state index contributed by atoms with van der Waals surface area (Å²) in [7, 11) is 0. The van der Waals surface area contributed by atoms with Crippen molar-refractivity contribution in [3.05, 3.63) is 29.3 Å². The molecule has 2 rings (SSSR count). The molecule has 0 bridgehead atoms. The van der Waals surface area contributed by atoms with Crippen LogP contribution in [0, 0.1) is 5.92 Å². The molecule has 0 aromatic heterocycles.